The number of aromatic nitrogens is 2. The maximum atomic E-state index is 12.1. The highest BCUT2D eigenvalue weighted by Gasteiger charge is 2.16. The van der Waals surface area contributed by atoms with Crippen molar-refractivity contribution in [2.75, 3.05) is 7.11 Å². The highest BCUT2D eigenvalue weighted by molar-refractivity contribution is 5.60. The molecule has 1 aromatic carbocycles. The minimum absolute atomic E-state index is 0.0884. The quantitative estimate of drug-likeness (QED) is 0.897. The smallest absolute Gasteiger partial charge is 0.258 e. The molecular formula is C15H18N2O3. The van der Waals surface area contributed by atoms with Crippen molar-refractivity contribution < 1.29 is 9.84 Å². The van der Waals surface area contributed by atoms with Crippen LogP contribution in [0.1, 0.15) is 30.9 Å². The number of aromatic hydroxyl groups is 1. The van der Waals surface area contributed by atoms with Crippen molar-refractivity contribution >= 4 is 0 Å². The molecule has 0 atom stereocenters. The summed E-state index contributed by atoms with van der Waals surface area (Å²) in [7, 11) is 1.60. The fourth-order valence-electron chi connectivity index (χ4n) is 2.15. The normalized spacial score (nSPS) is 11.0. The predicted molar refractivity (Wildman–Crippen MR) is 76.8 cm³/mol. The molecule has 5 nitrogen and oxygen atoms in total. The van der Waals surface area contributed by atoms with Gasteiger partial charge in [0.1, 0.15) is 5.82 Å². The Balaban J connectivity index is 2.58. The molecule has 2 aromatic rings. The molecule has 0 saturated carbocycles. The zero-order chi connectivity index (χ0) is 14.7. The van der Waals surface area contributed by atoms with Crippen LogP contribution in [0, 0.1) is 0 Å². The van der Waals surface area contributed by atoms with Crippen molar-refractivity contribution in [3.8, 4) is 17.3 Å². The molecule has 0 radical (unpaired) electrons. The second kappa shape index (κ2) is 5.88. The van der Waals surface area contributed by atoms with Gasteiger partial charge in [-0.3, -0.25) is 4.79 Å². The van der Waals surface area contributed by atoms with Crippen molar-refractivity contribution in [2.45, 2.75) is 26.4 Å². The summed E-state index contributed by atoms with van der Waals surface area (Å²) in [5.41, 5.74) is 1.64. The molecule has 1 heterocycles. The van der Waals surface area contributed by atoms with Crippen LogP contribution in [0.2, 0.25) is 0 Å². The first-order valence-electron chi connectivity index (χ1n) is 6.45. The van der Waals surface area contributed by atoms with Gasteiger partial charge in [0, 0.05) is 12.7 Å². The van der Waals surface area contributed by atoms with Gasteiger partial charge in [0.2, 0.25) is 5.88 Å². The summed E-state index contributed by atoms with van der Waals surface area (Å²) in [6.45, 7) is 4.08. The van der Waals surface area contributed by atoms with Crippen LogP contribution < -0.4 is 5.56 Å². The van der Waals surface area contributed by atoms with Gasteiger partial charge in [0.15, 0.2) is 0 Å². The number of hydrogen-bond donors (Lipinski definition) is 2. The van der Waals surface area contributed by atoms with Crippen LogP contribution in [-0.2, 0) is 11.3 Å². The highest BCUT2D eigenvalue weighted by atomic mass is 16.5. The van der Waals surface area contributed by atoms with E-state index < -0.39 is 0 Å². The zero-order valence-corrected chi connectivity index (χ0v) is 11.8. The van der Waals surface area contributed by atoms with Crippen LogP contribution in [0.15, 0.2) is 29.1 Å². The second-order valence-electron chi connectivity index (χ2n) is 4.90. The molecule has 0 saturated heterocycles. The van der Waals surface area contributed by atoms with Gasteiger partial charge in [-0.05, 0) is 11.5 Å². The fraction of sp³-hybridized carbons (Fsp3) is 0.333. The number of aromatic amines is 1. The van der Waals surface area contributed by atoms with E-state index >= 15 is 0 Å². The molecule has 0 fully saturated rings. The summed E-state index contributed by atoms with van der Waals surface area (Å²) in [6.07, 6.45) is 0. The Morgan fingerprint density at radius 1 is 1.35 bits per heavy atom. The summed E-state index contributed by atoms with van der Waals surface area (Å²) < 4.78 is 5.13. The average Bonchev–Trinajstić information content (AvgIpc) is 2.38. The summed E-state index contributed by atoms with van der Waals surface area (Å²) in [5, 5.41) is 9.96. The predicted octanol–water partition coefficient (Wildman–Crippen LogP) is 2.41. The van der Waals surface area contributed by atoms with E-state index in [0.29, 0.717) is 18.0 Å². The number of benzene rings is 1. The van der Waals surface area contributed by atoms with Crippen molar-refractivity contribution in [3.63, 3.8) is 0 Å². The monoisotopic (exact) mass is 274 g/mol. The van der Waals surface area contributed by atoms with Gasteiger partial charge >= 0.3 is 0 Å². The third-order valence-corrected chi connectivity index (χ3v) is 3.08. The maximum absolute atomic E-state index is 12.1. The Morgan fingerprint density at radius 2 is 2.05 bits per heavy atom. The van der Waals surface area contributed by atoms with Gasteiger partial charge in [-0.15, -0.1) is 0 Å². The Labute approximate surface area is 117 Å². The number of rotatable bonds is 4. The maximum Gasteiger partial charge on any atom is 0.258 e. The van der Waals surface area contributed by atoms with Crippen LogP contribution in [-0.4, -0.2) is 22.2 Å². The minimum atomic E-state index is -0.310. The number of hydrogen-bond acceptors (Lipinski definition) is 4. The summed E-state index contributed by atoms with van der Waals surface area (Å²) in [4.78, 5) is 18.9. The van der Waals surface area contributed by atoms with E-state index in [4.69, 9.17) is 4.74 Å². The lowest BCUT2D eigenvalue weighted by Crippen LogP contribution is -2.16. The lowest BCUT2D eigenvalue weighted by Gasteiger charge is -2.11. The number of ether oxygens (including phenoxy) is 1. The van der Waals surface area contributed by atoms with Gasteiger partial charge in [0.25, 0.3) is 5.56 Å². The third-order valence-electron chi connectivity index (χ3n) is 3.08. The average molecular weight is 274 g/mol. The topological polar surface area (TPSA) is 75.2 Å². The molecular weight excluding hydrogens is 256 g/mol. The Kier molecular flexibility index (Phi) is 4.20. The first-order valence-corrected chi connectivity index (χ1v) is 6.45. The second-order valence-corrected chi connectivity index (χ2v) is 4.90. The number of methoxy groups -OCH3 is 1. The van der Waals surface area contributed by atoms with Crippen LogP contribution >= 0.6 is 0 Å². The molecule has 5 heteroatoms. The van der Waals surface area contributed by atoms with Crippen LogP contribution in [0.5, 0.6) is 5.88 Å². The van der Waals surface area contributed by atoms with E-state index in [2.05, 4.69) is 9.97 Å². The van der Waals surface area contributed by atoms with Crippen molar-refractivity contribution in [2.24, 2.45) is 0 Å². The molecule has 0 unspecified atom stereocenters. The largest absolute Gasteiger partial charge is 0.493 e. The lowest BCUT2D eigenvalue weighted by atomic mass is 10.0. The van der Waals surface area contributed by atoms with Crippen molar-refractivity contribution in [1.29, 1.82) is 0 Å². The van der Waals surface area contributed by atoms with Gasteiger partial charge < -0.3 is 14.8 Å². The van der Waals surface area contributed by atoms with E-state index in [1.165, 1.54) is 0 Å². The van der Waals surface area contributed by atoms with E-state index in [1.807, 2.05) is 38.1 Å². The van der Waals surface area contributed by atoms with E-state index in [-0.39, 0.29) is 17.4 Å². The number of H-pyrrole nitrogens is 1. The third kappa shape index (κ3) is 2.72. The van der Waals surface area contributed by atoms with E-state index in [1.54, 1.807) is 7.11 Å². The molecule has 0 bridgehead atoms. The molecule has 0 aliphatic carbocycles. The SMILES string of the molecule is COCc1ccccc1-c1nc(O)c(C(C)C)c(=O)[nH]1. The first-order chi connectivity index (χ1) is 9.54. The molecule has 0 aliphatic rings. The van der Waals surface area contributed by atoms with Gasteiger partial charge in [-0.1, -0.05) is 38.1 Å². The Morgan fingerprint density at radius 3 is 2.65 bits per heavy atom. The molecule has 0 amide bonds. The molecule has 2 N–H and O–H groups in total. The standard InChI is InChI=1S/C15H18N2O3/c1-9(2)12-14(18)16-13(17-15(12)19)11-7-5-4-6-10(11)8-20-3/h4-7,9H,8H2,1-3H3,(H2,16,17,18,19). The minimum Gasteiger partial charge on any atom is -0.493 e. The number of nitrogens with zero attached hydrogens (tertiary/aromatic N) is 1. The molecule has 0 spiro atoms. The fourth-order valence-corrected chi connectivity index (χ4v) is 2.15. The first kappa shape index (κ1) is 14.3. The summed E-state index contributed by atoms with van der Waals surface area (Å²) in [6, 6.07) is 7.47. The van der Waals surface area contributed by atoms with Crippen LogP contribution in [0.4, 0.5) is 0 Å². The lowest BCUT2D eigenvalue weighted by molar-refractivity contribution is 0.185. The summed E-state index contributed by atoms with van der Waals surface area (Å²) >= 11 is 0. The van der Waals surface area contributed by atoms with E-state index in [0.717, 1.165) is 11.1 Å². The van der Waals surface area contributed by atoms with Gasteiger partial charge in [0.05, 0.1) is 12.2 Å². The van der Waals surface area contributed by atoms with Crippen molar-refractivity contribution in [1.82, 2.24) is 9.97 Å². The molecule has 2 rings (SSSR count). The van der Waals surface area contributed by atoms with E-state index in [9.17, 15) is 9.90 Å². The van der Waals surface area contributed by atoms with Crippen LogP contribution in [0.25, 0.3) is 11.4 Å². The van der Waals surface area contributed by atoms with Crippen LogP contribution in [0.3, 0.4) is 0 Å². The van der Waals surface area contributed by atoms with Crippen molar-refractivity contribution in [3.05, 3.63) is 45.7 Å². The molecule has 106 valence electrons. The Bertz CT molecular complexity index is 662. The van der Waals surface area contributed by atoms with Gasteiger partial charge in [-0.2, -0.15) is 4.98 Å². The highest BCUT2D eigenvalue weighted by Crippen LogP contribution is 2.24. The number of nitrogens with one attached hydrogen (secondary N) is 1. The Hall–Kier alpha value is -2.14. The van der Waals surface area contributed by atoms with Gasteiger partial charge in [-0.25, -0.2) is 0 Å². The molecule has 0 aliphatic heterocycles. The summed E-state index contributed by atoms with van der Waals surface area (Å²) in [5.74, 6) is 0.0463. The molecule has 20 heavy (non-hydrogen) atoms. The molecule has 1 aromatic heterocycles. The zero-order valence-electron chi connectivity index (χ0n) is 11.8.